The summed E-state index contributed by atoms with van der Waals surface area (Å²) in [6.07, 6.45) is 0. The molecule has 0 aliphatic carbocycles. The highest BCUT2D eigenvalue weighted by molar-refractivity contribution is 6.30. The van der Waals surface area contributed by atoms with Crippen LogP contribution >= 0.6 is 0 Å². The quantitative estimate of drug-likeness (QED) is 0.221. The van der Waals surface area contributed by atoms with Gasteiger partial charge in [-0.25, -0.2) is 9.97 Å². The summed E-state index contributed by atoms with van der Waals surface area (Å²) in [6, 6.07) is 40.6. The van der Waals surface area contributed by atoms with Crippen molar-refractivity contribution < 1.29 is 4.42 Å². The first-order chi connectivity index (χ1) is 19.8. The Hall–Kier alpha value is -5.48. The van der Waals surface area contributed by atoms with Gasteiger partial charge in [0.25, 0.3) is 0 Å². The Morgan fingerprint density at radius 2 is 1.27 bits per heavy atom. The fourth-order valence-corrected chi connectivity index (χ4v) is 6.70. The maximum atomic E-state index is 6.32. The molecule has 0 aliphatic heterocycles. The van der Waals surface area contributed by atoms with E-state index >= 15 is 0 Å². The van der Waals surface area contributed by atoms with E-state index in [1.165, 1.54) is 32.7 Å². The van der Waals surface area contributed by atoms with Crippen LogP contribution in [0, 0.1) is 0 Å². The number of rotatable bonds is 1. The van der Waals surface area contributed by atoms with Crippen molar-refractivity contribution in [2.45, 2.75) is 0 Å². The summed E-state index contributed by atoms with van der Waals surface area (Å²) < 4.78 is 8.64. The van der Waals surface area contributed by atoms with Crippen molar-refractivity contribution in [2.24, 2.45) is 0 Å². The molecule has 0 fully saturated rings. The van der Waals surface area contributed by atoms with Crippen LogP contribution in [0.3, 0.4) is 0 Å². The van der Waals surface area contributed by atoms with Crippen LogP contribution in [-0.2, 0) is 0 Å². The lowest BCUT2D eigenvalue weighted by molar-refractivity contribution is 0.669. The van der Waals surface area contributed by atoms with E-state index in [9.17, 15) is 0 Å². The van der Waals surface area contributed by atoms with E-state index in [2.05, 4.69) is 83.3 Å². The van der Waals surface area contributed by atoms with E-state index in [-0.39, 0.29) is 0 Å². The highest BCUT2D eigenvalue weighted by Gasteiger charge is 2.24. The van der Waals surface area contributed by atoms with Gasteiger partial charge in [-0.1, -0.05) is 66.7 Å². The summed E-state index contributed by atoms with van der Waals surface area (Å²) in [7, 11) is 0. The van der Waals surface area contributed by atoms with Crippen molar-refractivity contribution >= 4 is 82.1 Å². The smallest absolute Gasteiger partial charge is 0.165 e. The van der Waals surface area contributed by atoms with Gasteiger partial charge < -0.3 is 4.42 Å². The van der Waals surface area contributed by atoms with Crippen LogP contribution < -0.4 is 0 Å². The number of hydrogen-bond donors (Lipinski definition) is 0. The zero-order valence-corrected chi connectivity index (χ0v) is 21.2. The normalized spacial score (nSPS) is 12.5. The Balaban J connectivity index is 1.45. The monoisotopic (exact) mass is 509 g/mol. The van der Waals surface area contributed by atoms with Gasteiger partial charge in [0, 0.05) is 21.5 Å². The minimum atomic E-state index is 0.877. The van der Waals surface area contributed by atoms with Crippen molar-refractivity contribution in [1.29, 1.82) is 0 Å². The van der Waals surface area contributed by atoms with Crippen LogP contribution in [0.5, 0.6) is 0 Å². The molecule has 0 spiro atoms. The molecule has 4 aromatic heterocycles. The summed E-state index contributed by atoms with van der Waals surface area (Å²) in [6.45, 7) is 0. The number of nitrogens with zero attached hydrogens (tertiary/aromatic N) is 3. The molecule has 0 saturated heterocycles. The molecule has 10 rings (SSSR count). The van der Waals surface area contributed by atoms with Gasteiger partial charge in [-0.05, 0) is 70.4 Å². The van der Waals surface area contributed by atoms with Gasteiger partial charge in [0.05, 0.1) is 27.5 Å². The van der Waals surface area contributed by atoms with Crippen LogP contribution in [0.15, 0.2) is 120 Å². The third kappa shape index (κ3) is 2.51. The molecule has 10 aromatic rings. The van der Waals surface area contributed by atoms with Gasteiger partial charge >= 0.3 is 0 Å². The molecule has 0 atom stereocenters. The molecule has 0 saturated carbocycles. The molecule has 0 unspecified atom stereocenters. The van der Waals surface area contributed by atoms with Crippen molar-refractivity contribution in [2.75, 3.05) is 0 Å². The zero-order valence-electron chi connectivity index (χ0n) is 21.2. The summed E-state index contributed by atoms with van der Waals surface area (Å²) in [5.74, 6) is 0. The predicted octanol–water partition coefficient (Wildman–Crippen LogP) is 9.50. The van der Waals surface area contributed by atoms with Gasteiger partial charge in [0.15, 0.2) is 5.65 Å². The molecular weight excluding hydrogens is 490 g/mol. The number of benzene rings is 6. The lowest BCUT2D eigenvalue weighted by atomic mass is 9.98. The SMILES string of the molecule is c1ccc2cc(-c3cc4c5ccc6oc7ccccc7c6c5n5c6nc7ccccc7nc6c(c3)c45)ccc2c1. The molecule has 0 radical (unpaired) electrons. The molecule has 40 heavy (non-hydrogen) atoms. The Morgan fingerprint density at radius 3 is 2.20 bits per heavy atom. The number of hydrogen-bond acceptors (Lipinski definition) is 3. The van der Waals surface area contributed by atoms with E-state index in [1.54, 1.807) is 0 Å². The largest absolute Gasteiger partial charge is 0.456 e. The number of aromatic nitrogens is 3. The Kier molecular flexibility index (Phi) is 3.65. The Bertz CT molecular complexity index is 2660. The Labute approximate surface area is 227 Å². The zero-order chi connectivity index (χ0) is 25.9. The van der Waals surface area contributed by atoms with Gasteiger partial charge in [-0.15, -0.1) is 0 Å². The molecule has 4 heterocycles. The van der Waals surface area contributed by atoms with Gasteiger partial charge in [0.2, 0.25) is 0 Å². The first kappa shape index (κ1) is 20.5. The molecule has 4 heteroatoms. The fraction of sp³-hybridized carbons (Fsp3) is 0. The third-order valence-electron chi connectivity index (χ3n) is 8.47. The summed E-state index contributed by atoms with van der Waals surface area (Å²) in [5, 5.41) is 8.21. The Morgan fingerprint density at radius 1 is 0.500 bits per heavy atom. The highest BCUT2D eigenvalue weighted by atomic mass is 16.3. The first-order valence-electron chi connectivity index (χ1n) is 13.5. The molecule has 4 nitrogen and oxygen atoms in total. The van der Waals surface area contributed by atoms with Crippen molar-refractivity contribution in [3.05, 3.63) is 115 Å². The summed E-state index contributed by atoms with van der Waals surface area (Å²) in [5.41, 5.74) is 10.0. The van der Waals surface area contributed by atoms with Crippen molar-refractivity contribution in [1.82, 2.24) is 14.4 Å². The molecule has 0 aliphatic rings. The summed E-state index contributed by atoms with van der Waals surface area (Å²) >= 11 is 0. The van der Waals surface area contributed by atoms with Crippen LogP contribution in [0.25, 0.3) is 93.2 Å². The lowest BCUT2D eigenvalue weighted by Crippen LogP contribution is -1.89. The van der Waals surface area contributed by atoms with E-state index in [4.69, 9.17) is 14.4 Å². The average Bonchev–Trinajstić information content (AvgIpc) is 3.65. The van der Waals surface area contributed by atoms with E-state index in [0.29, 0.717) is 0 Å². The molecule has 6 aromatic carbocycles. The van der Waals surface area contributed by atoms with Gasteiger partial charge in [0.1, 0.15) is 16.7 Å². The number of para-hydroxylation sites is 3. The fourth-order valence-electron chi connectivity index (χ4n) is 6.70. The second kappa shape index (κ2) is 7.13. The van der Waals surface area contributed by atoms with Crippen LogP contribution in [0.1, 0.15) is 0 Å². The second-order valence-corrected chi connectivity index (χ2v) is 10.6. The second-order valence-electron chi connectivity index (χ2n) is 10.6. The first-order valence-corrected chi connectivity index (χ1v) is 13.5. The molecule has 0 amide bonds. The lowest BCUT2D eigenvalue weighted by Gasteiger charge is -2.06. The molecule has 184 valence electrons. The average molecular weight is 510 g/mol. The van der Waals surface area contributed by atoms with Crippen LogP contribution in [0.2, 0.25) is 0 Å². The van der Waals surface area contributed by atoms with E-state index < -0.39 is 0 Å². The summed E-state index contributed by atoms with van der Waals surface area (Å²) in [4.78, 5) is 10.4. The van der Waals surface area contributed by atoms with Crippen molar-refractivity contribution in [3.63, 3.8) is 0 Å². The van der Waals surface area contributed by atoms with Crippen LogP contribution in [-0.4, -0.2) is 14.4 Å². The van der Waals surface area contributed by atoms with Gasteiger partial charge in [-0.2, -0.15) is 0 Å². The minimum Gasteiger partial charge on any atom is -0.456 e. The third-order valence-corrected chi connectivity index (χ3v) is 8.47. The molecule has 0 N–H and O–H groups in total. The van der Waals surface area contributed by atoms with Crippen LogP contribution in [0.4, 0.5) is 0 Å². The van der Waals surface area contributed by atoms with E-state index in [0.717, 1.165) is 60.6 Å². The maximum absolute atomic E-state index is 6.32. The minimum absolute atomic E-state index is 0.877. The maximum Gasteiger partial charge on any atom is 0.165 e. The van der Waals surface area contributed by atoms with Crippen molar-refractivity contribution in [3.8, 4) is 11.1 Å². The standard InChI is InChI=1S/C36H19N3O/c1-2-8-21-17-22(14-13-20(21)7-1)23-18-26-24-15-16-31-32(25-9-3-6-12-30(25)40-31)35(24)39-34(26)27(19-23)33-36(39)38-29-11-5-4-10-28(29)37-33/h1-19H. The highest BCUT2D eigenvalue weighted by Crippen LogP contribution is 2.45. The molecule has 0 bridgehead atoms. The van der Waals surface area contributed by atoms with Gasteiger partial charge in [-0.3, -0.25) is 4.40 Å². The predicted molar refractivity (Wildman–Crippen MR) is 164 cm³/mol. The number of fused-ring (bicyclic) bond motifs is 12. The number of furan rings is 1. The van der Waals surface area contributed by atoms with E-state index in [1.807, 2.05) is 36.4 Å². The topological polar surface area (TPSA) is 43.3 Å². The molecular formula is C36H19N3O.